The second kappa shape index (κ2) is 8.30. The van der Waals surface area contributed by atoms with Crippen molar-refractivity contribution in [1.82, 2.24) is 14.5 Å². The minimum Gasteiger partial charge on any atom is -0.456 e. The number of fused-ring (bicyclic) bond motifs is 11. The van der Waals surface area contributed by atoms with Gasteiger partial charge in [-0.15, -0.1) is 0 Å². The van der Waals surface area contributed by atoms with Gasteiger partial charge in [0.25, 0.3) is 0 Å². The molecule has 0 bridgehead atoms. The third kappa shape index (κ3) is 3.05. The molecule has 0 atom stereocenters. The highest BCUT2D eigenvalue weighted by Crippen LogP contribution is 2.51. The Kier molecular flexibility index (Phi) is 4.39. The molecule has 0 aliphatic carbocycles. The van der Waals surface area contributed by atoms with Gasteiger partial charge in [-0.1, -0.05) is 84.9 Å². The van der Waals surface area contributed by atoms with E-state index < -0.39 is 0 Å². The zero-order valence-corrected chi connectivity index (χ0v) is 22.9. The summed E-state index contributed by atoms with van der Waals surface area (Å²) in [6.07, 6.45) is 0. The average Bonchev–Trinajstić information content (AvgIpc) is 3.39. The first-order chi connectivity index (χ1) is 21.3. The fourth-order valence-electron chi connectivity index (χ4n) is 6.88. The lowest BCUT2D eigenvalue weighted by Gasteiger charge is -2.26. The number of benzene rings is 6. The molecule has 2 aliphatic rings. The fraction of sp³-hybridized carbons (Fsp3) is 0. The van der Waals surface area contributed by atoms with Crippen LogP contribution in [-0.2, 0) is 0 Å². The van der Waals surface area contributed by atoms with Crippen molar-refractivity contribution >= 4 is 50.0 Å². The molecule has 5 heteroatoms. The van der Waals surface area contributed by atoms with Crippen LogP contribution in [0.1, 0.15) is 0 Å². The van der Waals surface area contributed by atoms with Gasteiger partial charge < -0.3 is 4.74 Å². The second-order valence-electron chi connectivity index (χ2n) is 11.0. The minimum atomic E-state index is 0.616. The minimum absolute atomic E-state index is 0.616. The molecule has 8 aromatic rings. The van der Waals surface area contributed by atoms with Crippen LogP contribution in [0, 0.1) is 0 Å². The Morgan fingerprint density at radius 2 is 1.26 bits per heavy atom. The molecule has 6 aromatic carbocycles. The molecular formula is C38H22N4O. The van der Waals surface area contributed by atoms with Crippen molar-refractivity contribution in [3.8, 4) is 39.6 Å². The zero-order valence-electron chi connectivity index (χ0n) is 22.9. The molecule has 0 saturated carbocycles. The van der Waals surface area contributed by atoms with Crippen LogP contribution in [0.25, 0.3) is 60.6 Å². The van der Waals surface area contributed by atoms with E-state index >= 15 is 0 Å². The van der Waals surface area contributed by atoms with E-state index in [0.29, 0.717) is 5.95 Å². The molecule has 2 aliphatic heterocycles. The lowest BCUT2D eigenvalue weighted by atomic mass is 10.0. The molecular weight excluding hydrogens is 528 g/mol. The van der Waals surface area contributed by atoms with Gasteiger partial charge in [-0.2, -0.15) is 0 Å². The summed E-state index contributed by atoms with van der Waals surface area (Å²) < 4.78 is 8.66. The molecule has 4 heterocycles. The van der Waals surface area contributed by atoms with Crippen molar-refractivity contribution in [3.05, 3.63) is 133 Å². The van der Waals surface area contributed by atoms with Crippen LogP contribution in [0.15, 0.2) is 133 Å². The molecule has 0 N–H and O–H groups in total. The van der Waals surface area contributed by atoms with E-state index in [1.807, 2.05) is 36.4 Å². The Morgan fingerprint density at radius 3 is 2.16 bits per heavy atom. The van der Waals surface area contributed by atoms with E-state index in [1.54, 1.807) is 0 Å². The van der Waals surface area contributed by atoms with Crippen LogP contribution in [0.3, 0.4) is 0 Å². The van der Waals surface area contributed by atoms with Crippen molar-refractivity contribution < 1.29 is 4.74 Å². The Hall–Kier alpha value is -5.94. The number of hydrogen-bond donors (Lipinski definition) is 0. The van der Waals surface area contributed by atoms with Gasteiger partial charge in [-0.05, 0) is 59.3 Å². The maximum atomic E-state index is 6.29. The first-order valence-electron chi connectivity index (χ1n) is 14.4. The zero-order chi connectivity index (χ0) is 28.1. The molecule has 5 nitrogen and oxygen atoms in total. The Balaban J connectivity index is 1.36. The van der Waals surface area contributed by atoms with Crippen LogP contribution in [-0.4, -0.2) is 14.5 Å². The Morgan fingerprint density at radius 1 is 0.535 bits per heavy atom. The van der Waals surface area contributed by atoms with E-state index in [2.05, 4.69) is 107 Å². The monoisotopic (exact) mass is 550 g/mol. The standard InChI is InChI=1S/C38H22N4O/c1-2-11-24-23(10-1)20-21-32-28(24)22-35-41(32)30-16-6-3-12-25(30)26-13-4-7-17-31(26)42(35)38-39-29-15-9-19-34-36(29)37(40-38)27-14-5-8-18-33(27)43-34/h1-22H. The number of aromatic nitrogens is 3. The summed E-state index contributed by atoms with van der Waals surface area (Å²) in [5.41, 5.74) is 8.28. The second-order valence-corrected chi connectivity index (χ2v) is 11.0. The van der Waals surface area contributed by atoms with Gasteiger partial charge in [0.05, 0.1) is 33.5 Å². The molecule has 0 spiro atoms. The summed E-state index contributed by atoms with van der Waals surface area (Å²) in [5.74, 6) is 3.19. The number of ether oxygens (including phenoxy) is 1. The molecule has 0 saturated heterocycles. The third-order valence-corrected chi connectivity index (χ3v) is 8.74. The molecule has 200 valence electrons. The number of nitrogens with zero attached hydrogens (tertiary/aromatic N) is 4. The van der Waals surface area contributed by atoms with Crippen molar-refractivity contribution in [2.75, 3.05) is 4.90 Å². The van der Waals surface area contributed by atoms with E-state index in [-0.39, 0.29) is 0 Å². The molecule has 0 amide bonds. The summed E-state index contributed by atoms with van der Waals surface area (Å²) >= 11 is 0. The van der Waals surface area contributed by atoms with Crippen LogP contribution in [0.4, 0.5) is 17.5 Å². The van der Waals surface area contributed by atoms with Crippen molar-refractivity contribution in [3.63, 3.8) is 0 Å². The fourth-order valence-corrected chi connectivity index (χ4v) is 6.88. The van der Waals surface area contributed by atoms with Crippen LogP contribution in [0.2, 0.25) is 0 Å². The van der Waals surface area contributed by atoms with Gasteiger partial charge in [0, 0.05) is 22.1 Å². The highest BCUT2D eigenvalue weighted by molar-refractivity contribution is 6.11. The van der Waals surface area contributed by atoms with E-state index in [9.17, 15) is 0 Å². The lowest BCUT2D eigenvalue weighted by Crippen LogP contribution is -2.17. The molecule has 43 heavy (non-hydrogen) atoms. The Bertz CT molecular complexity index is 2460. The summed E-state index contributed by atoms with van der Waals surface area (Å²) in [7, 11) is 0. The summed E-state index contributed by atoms with van der Waals surface area (Å²) in [4.78, 5) is 12.8. The highest BCUT2D eigenvalue weighted by Gasteiger charge is 2.31. The van der Waals surface area contributed by atoms with Crippen molar-refractivity contribution in [2.24, 2.45) is 0 Å². The summed E-state index contributed by atoms with van der Waals surface area (Å²) in [6.45, 7) is 0. The smallest absolute Gasteiger partial charge is 0.236 e. The number of rotatable bonds is 1. The maximum Gasteiger partial charge on any atom is 0.236 e. The number of para-hydroxylation sites is 3. The molecule has 0 radical (unpaired) electrons. The first kappa shape index (κ1) is 22.7. The Labute approximate surface area is 246 Å². The van der Waals surface area contributed by atoms with E-state index in [1.165, 1.54) is 16.2 Å². The third-order valence-electron chi connectivity index (χ3n) is 8.74. The quantitative estimate of drug-likeness (QED) is 0.204. The molecule has 2 aromatic heterocycles. The molecule has 0 fully saturated rings. The highest BCUT2D eigenvalue weighted by atomic mass is 16.5. The van der Waals surface area contributed by atoms with Gasteiger partial charge in [0.15, 0.2) is 0 Å². The van der Waals surface area contributed by atoms with Crippen LogP contribution >= 0.6 is 0 Å². The molecule has 10 rings (SSSR count). The average molecular weight is 551 g/mol. The normalized spacial score (nSPS) is 12.8. The predicted octanol–water partition coefficient (Wildman–Crippen LogP) is 9.95. The van der Waals surface area contributed by atoms with Gasteiger partial charge in [0.2, 0.25) is 5.95 Å². The first-order valence-corrected chi connectivity index (χ1v) is 14.4. The lowest BCUT2D eigenvalue weighted by molar-refractivity contribution is 0.486. The SMILES string of the molecule is c1ccc2c(c1)Oc1cccc3nc(N4c5ccccc5-c5ccccc5-n5c4cc4c6ccccc6ccc45)nc-2c13. The largest absolute Gasteiger partial charge is 0.456 e. The van der Waals surface area contributed by atoms with Gasteiger partial charge in [-0.25, -0.2) is 9.97 Å². The van der Waals surface area contributed by atoms with E-state index in [4.69, 9.17) is 14.7 Å². The topological polar surface area (TPSA) is 43.2 Å². The van der Waals surface area contributed by atoms with Gasteiger partial charge in [-0.3, -0.25) is 9.47 Å². The summed E-state index contributed by atoms with van der Waals surface area (Å²) in [6, 6.07) is 46.7. The van der Waals surface area contributed by atoms with Crippen LogP contribution < -0.4 is 9.64 Å². The number of anilines is 3. The predicted molar refractivity (Wildman–Crippen MR) is 173 cm³/mol. The molecule has 0 unspecified atom stereocenters. The van der Waals surface area contributed by atoms with Gasteiger partial charge >= 0.3 is 0 Å². The number of hydrogen-bond acceptors (Lipinski definition) is 4. The van der Waals surface area contributed by atoms with Crippen LogP contribution in [0.5, 0.6) is 11.5 Å². The summed E-state index contributed by atoms with van der Waals surface area (Å²) in [5, 5.41) is 4.56. The van der Waals surface area contributed by atoms with Crippen molar-refractivity contribution in [2.45, 2.75) is 0 Å². The van der Waals surface area contributed by atoms with Gasteiger partial charge in [0.1, 0.15) is 17.3 Å². The van der Waals surface area contributed by atoms with Crippen molar-refractivity contribution in [1.29, 1.82) is 0 Å². The maximum absolute atomic E-state index is 6.29. The van der Waals surface area contributed by atoms with E-state index in [0.717, 1.165) is 67.5 Å².